The number of benzene rings is 2. The molecule has 1 aliphatic rings. The number of amides is 2. The number of hydrogen-bond donors (Lipinski definition) is 2. The second kappa shape index (κ2) is 12.8. The molecule has 0 spiro atoms. The molecule has 2 aromatic carbocycles. The molecule has 3 rings (SSSR count). The zero-order valence-corrected chi connectivity index (χ0v) is 22.2. The molecule has 2 aromatic rings. The number of aryl methyl sites for hydroxylation is 1. The number of carbonyl (C=O) groups is 4. The third kappa shape index (κ3) is 7.49. The highest BCUT2D eigenvalue weighted by molar-refractivity contribution is 5.90. The number of quaternary nitrogens is 1. The number of aliphatic carboxylic acids is 1. The first-order valence-corrected chi connectivity index (χ1v) is 12.9. The van der Waals surface area contributed by atoms with E-state index in [0.29, 0.717) is 6.42 Å². The molecule has 0 bridgehead atoms. The molecule has 1 heterocycles. The summed E-state index contributed by atoms with van der Waals surface area (Å²) < 4.78 is 10.3. The predicted molar refractivity (Wildman–Crippen MR) is 140 cm³/mol. The molecule has 1 aliphatic heterocycles. The summed E-state index contributed by atoms with van der Waals surface area (Å²) in [6.07, 6.45) is -0.689. The van der Waals surface area contributed by atoms with Crippen molar-refractivity contribution in [1.29, 1.82) is 0 Å². The molecule has 9 heteroatoms. The molecule has 2 N–H and O–H groups in total. The molecule has 1 fully saturated rings. The minimum absolute atomic E-state index is 0.0110. The maximum Gasteiger partial charge on any atom is 0.524 e. The zero-order valence-electron chi connectivity index (χ0n) is 22.2. The number of nitrogens with zero attached hydrogens (tertiary/aromatic N) is 1. The van der Waals surface area contributed by atoms with E-state index in [-0.39, 0.29) is 32.7 Å². The predicted octanol–water partition coefficient (Wildman–Crippen LogP) is 3.70. The number of piperazine rings is 1. The SMILES string of the molecule is CC(C)(C)OC(=O)[N@@+]1(C(=O)[C@H](CCc2ccccc2)CC(=O)O)CCNCC1C(=O)OCc1ccccc1. The summed E-state index contributed by atoms with van der Waals surface area (Å²) in [6, 6.07) is 17.3. The number of carbonyl (C=O) groups excluding carboxylic acids is 3. The average molecular weight is 526 g/mol. The van der Waals surface area contributed by atoms with Gasteiger partial charge in [-0.25, -0.2) is 9.59 Å². The lowest BCUT2D eigenvalue weighted by Gasteiger charge is -2.42. The van der Waals surface area contributed by atoms with Gasteiger partial charge in [-0.1, -0.05) is 60.7 Å². The van der Waals surface area contributed by atoms with Crippen LogP contribution in [0.5, 0.6) is 0 Å². The second-order valence-electron chi connectivity index (χ2n) is 10.5. The van der Waals surface area contributed by atoms with Crippen molar-refractivity contribution >= 4 is 23.9 Å². The molecule has 38 heavy (non-hydrogen) atoms. The highest BCUT2D eigenvalue weighted by Crippen LogP contribution is 2.30. The van der Waals surface area contributed by atoms with Crippen LogP contribution in [0.2, 0.25) is 0 Å². The Kier molecular flexibility index (Phi) is 9.77. The van der Waals surface area contributed by atoms with Crippen LogP contribution in [-0.2, 0) is 36.9 Å². The van der Waals surface area contributed by atoms with Crippen LogP contribution in [0.25, 0.3) is 0 Å². The van der Waals surface area contributed by atoms with Crippen molar-refractivity contribution in [1.82, 2.24) is 5.32 Å². The molecule has 0 radical (unpaired) electrons. The van der Waals surface area contributed by atoms with E-state index in [2.05, 4.69) is 5.32 Å². The van der Waals surface area contributed by atoms with Gasteiger partial charge in [-0.15, -0.1) is 4.48 Å². The number of carboxylic acids is 1. The van der Waals surface area contributed by atoms with Gasteiger partial charge in [0.15, 0.2) is 0 Å². The fourth-order valence-electron chi connectivity index (χ4n) is 4.64. The Bertz CT molecular complexity index is 1110. The van der Waals surface area contributed by atoms with E-state index in [1.165, 1.54) is 0 Å². The third-order valence-electron chi connectivity index (χ3n) is 6.51. The molecule has 0 saturated carbocycles. The van der Waals surface area contributed by atoms with Crippen LogP contribution in [0.3, 0.4) is 0 Å². The average Bonchev–Trinajstić information content (AvgIpc) is 2.89. The third-order valence-corrected chi connectivity index (χ3v) is 6.51. The standard InChI is InChI=1S/C29H36N2O7/c1-29(2,3)38-28(36)31(26(34)23(18-25(32)33)15-14-21-10-6-4-7-11-21)17-16-30-19-24(31)27(35)37-20-22-12-8-5-9-13-22/h4-13,23-24,30H,14-20H2,1-3H3/p+1/t23-,24?,31+/m1/s1. The van der Waals surface area contributed by atoms with Crippen molar-refractivity contribution in [3.63, 3.8) is 0 Å². The smallest absolute Gasteiger partial charge is 0.481 e. The molecule has 1 saturated heterocycles. The van der Waals surface area contributed by atoms with E-state index in [4.69, 9.17) is 9.47 Å². The van der Waals surface area contributed by atoms with Crippen LogP contribution in [0.4, 0.5) is 4.79 Å². The van der Waals surface area contributed by atoms with E-state index < -0.39 is 52.4 Å². The summed E-state index contributed by atoms with van der Waals surface area (Å²) in [5.41, 5.74) is 0.773. The lowest BCUT2D eigenvalue weighted by atomic mass is 9.92. The Balaban J connectivity index is 1.96. The number of ether oxygens (including phenoxy) is 2. The van der Waals surface area contributed by atoms with Gasteiger partial charge in [-0.05, 0) is 44.7 Å². The Hall–Kier alpha value is -3.56. The van der Waals surface area contributed by atoms with Crippen molar-refractivity contribution < 1.29 is 38.2 Å². The number of rotatable bonds is 9. The topological polar surface area (TPSA) is 119 Å². The van der Waals surface area contributed by atoms with Gasteiger partial charge in [-0.2, -0.15) is 4.79 Å². The lowest BCUT2D eigenvalue weighted by molar-refractivity contribution is -0.806. The molecule has 1 unspecified atom stereocenters. The minimum atomic E-state index is -1.22. The molecular formula is C29H37N2O7+. The number of imide groups is 1. The number of nitrogens with one attached hydrogen (secondary N) is 1. The molecule has 9 nitrogen and oxygen atoms in total. The normalized spacial score (nSPS) is 20.2. The highest BCUT2D eigenvalue weighted by atomic mass is 16.6. The van der Waals surface area contributed by atoms with E-state index in [1.807, 2.05) is 48.5 Å². The van der Waals surface area contributed by atoms with Gasteiger partial charge >= 0.3 is 23.9 Å². The number of esters is 1. The van der Waals surface area contributed by atoms with Crippen LogP contribution < -0.4 is 5.32 Å². The Morgan fingerprint density at radius 1 is 1.00 bits per heavy atom. The minimum Gasteiger partial charge on any atom is -0.481 e. The quantitative estimate of drug-likeness (QED) is 0.376. The molecular weight excluding hydrogens is 488 g/mol. The zero-order chi connectivity index (χ0) is 27.8. The van der Waals surface area contributed by atoms with Crippen LogP contribution >= 0.6 is 0 Å². The van der Waals surface area contributed by atoms with E-state index in [1.54, 1.807) is 32.9 Å². The van der Waals surface area contributed by atoms with Crippen LogP contribution in [-0.4, -0.2) is 64.8 Å². The number of hydrogen-bond acceptors (Lipinski definition) is 7. The molecule has 0 aliphatic carbocycles. The molecule has 0 aromatic heterocycles. The van der Waals surface area contributed by atoms with Crippen molar-refractivity contribution in [2.24, 2.45) is 5.92 Å². The second-order valence-corrected chi connectivity index (χ2v) is 10.5. The van der Waals surface area contributed by atoms with Crippen LogP contribution in [0.1, 0.15) is 44.7 Å². The Morgan fingerprint density at radius 2 is 1.61 bits per heavy atom. The van der Waals surface area contributed by atoms with Crippen molar-refractivity contribution in [2.75, 3.05) is 19.6 Å². The van der Waals surface area contributed by atoms with Gasteiger partial charge in [0.2, 0.25) is 6.04 Å². The van der Waals surface area contributed by atoms with Gasteiger partial charge in [0.1, 0.15) is 18.8 Å². The molecule has 204 valence electrons. The van der Waals surface area contributed by atoms with Gasteiger partial charge < -0.3 is 19.9 Å². The largest absolute Gasteiger partial charge is 0.524 e. The summed E-state index contributed by atoms with van der Waals surface area (Å²) in [5, 5.41) is 12.7. The van der Waals surface area contributed by atoms with Crippen LogP contribution in [0, 0.1) is 5.92 Å². The Morgan fingerprint density at radius 3 is 2.18 bits per heavy atom. The summed E-state index contributed by atoms with van der Waals surface area (Å²) in [6.45, 7) is 5.25. The highest BCUT2D eigenvalue weighted by Gasteiger charge is 2.60. The van der Waals surface area contributed by atoms with Gasteiger partial charge in [0.25, 0.3) is 0 Å². The summed E-state index contributed by atoms with van der Waals surface area (Å²) in [4.78, 5) is 53.3. The fraction of sp³-hybridized carbons (Fsp3) is 0.448. The summed E-state index contributed by atoms with van der Waals surface area (Å²) in [5.74, 6) is -3.53. The first-order valence-electron chi connectivity index (χ1n) is 12.9. The van der Waals surface area contributed by atoms with Crippen molar-refractivity contribution in [3.05, 3.63) is 71.8 Å². The van der Waals surface area contributed by atoms with Crippen molar-refractivity contribution in [3.8, 4) is 0 Å². The Labute approximate surface area is 223 Å². The molecule has 2 amide bonds. The fourth-order valence-corrected chi connectivity index (χ4v) is 4.64. The summed E-state index contributed by atoms with van der Waals surface area (Å²) in [7, 11) is 0. The maximum absolute atomic E-state index is 14.3. The molecule has 3 atom stereocenters. The first-order chi connectivity index (χ1) is 18.0. The van der Waals surface area contributed by atoms with Gasteiger partial charge in [-0.3, -0.25) is 4.79 Å². The van der Waals surface area contributed by atoms with E-state index in [0.717, 1.165) is 11.1 Å². The van der Waals surface area contributed by atoms with Crippen molar-refractivity contribution in [2.45, 2.75) is 58.3 Å². The van der Waals surface area contributed by atoms with E-state index in [9.17, 15) is 24.3 Å². The lowest BCUT2D eigenvalue weighted by Crippen LogP contribution is -2.74. The number of carboxylic acid groups (broad SMARTS) is 1. The van der Waals surface area contributed by atoms with Crippen LogP contribution in [0.15, 0.2) is 60.7 Å². The van der Waals surface area contributed by atoms with Gasteiger partial charge in [0.05, 0.1) is 18.9 Å². The maximum atomic E-state index is 14.3. The van der Waals surface area contributed by atoms with E-state index >= 15 is 0 Å². The first kappa shape index (κ1) is 29.0. The monoisotopic (exact) mass is 525 g/mol. The van der Waals surface area contributed by atoms with Gasteiger partial charge in [0, 0.05) is 6.54 Å². The summed E-state index contributed by atoms with van der Waals surface area (Å²) >= 11 is 0.